The molecule has 0 N–H and O–H groups in total. The van der Waals surface area contributed by atoms with Crippen molar-refractivity contribution in [1.82, 2.24) is 0 Å². The summed E-state index contributed by atoms with van der Waals surface area (Å²) < 4.78 is 10.7. The molecule has 21 heavy (non-hydrogen) atoms. The maximum atomic E-state index is 11.9. The first-order chi connectivity index (χ1) is 10.3. The Balaban J connectivity index is 2.40. The van der Waals surface area contributed by atoms with Crippen molar-refractivity contribution in [3.8, 4) is 11.5 Å². The van der Waals surface area contributed by atoms with Crippen molar-refractivity contribution in [2.75, 3.05) is 13.4 Å². The van der Waals surface area contributed by atoms with Gasteiger partial charge in [0.1, 0.15) is 11.5 Å². The summed E-state index contributed by atoms with van der Waals surface area (Å²) in [6, 6.07) is 16.9. The third-order valence-electron chi connectivity index (χ3n) is 2.79. The number of rotatable bonds is 5. The van der Waals surface area contributed by atoms with E-state index in [1.165, 1.54) is 18.9 Å². The van der Waals surface area contributed by atoms with Gasteiger partial charge in [0.05, 0.1) is 12.7 Å². The Hall–Kier alpha value is -2.20. The van der Waals surface area contributed by atoms with Crippen LogP contribution in [0.5, 0.6) is 11.5 Å². The molecule has 0 bridgehead atoms. The van der Waals surface area contributed by atoms with E-state index in [1.54, 1.807) is 5.41 Å². The second-order valence-electron chi connectivity index (χ2n) is 4.17. The maximum Gasteiger partial charge on any atom is 0.339 e. The minimum atomic E-state index is -0.381. The predicted molar refractivity (Wildman–Crippen MR) is 86.5 cm³/mol. The lowest BCUT2D eigenvalue weighted by molar-refractivity contribution is -0.133. The number of hydrogen-bond donors (Lipinski definition) is 0. The molecule has 0 atom stereocenters. The van der Waals surface area contributed by atoms with E-state index < -0.39 is 0 Å². The zero-order valence-electron chi connectivity index (χ0n) is 11.9. The topological polar surface area (TPSA) is 35.5 Å². The number of esters is 1. The fourth-order valence-corrected chi connectivity index (χ4v) is 2.30. The fourth-order valence-electron chi connectivity index (χ4n) is 1.84. The number of carbonyl (C=O) groups excluding carboxylic acids is 1. The Labute approximate surface area is 128 Å². The van der Waals surface area contributed by atoms with Crippen LogP contribution in [0.4, 0.5) is 0 Å². The summed E-state index contributed by atoms with van der Waals surface area (Å²) in [5.74, 6) is 0.959. The van der Waals surface area contributed by atoms with E-state index in [0.29, 0.717) is 16.9 Å². The van der Waals surface area contributed by atoms with Gasteiger partial charge in [-0.3, -0.25) is 0 Å². The molecule has 0 radical (unpaired) electrons. The quantitative estimate of drug-likeness (QED) is 0.607. The molecular weight excluding hydrogens is 284 g/mol. The van der Waals surface area contributed by atoms with E-state index in [1.807, 2.05) is 60.9 Å². The lowest BCUT2D eigenvalue weighted by Crippen LogP contribution is -2.04. The van der Waals surface area contributed by atoms with Gasteiger partial charge in [0, 0.05) is 5.56 Å². The highest BCUT2D eigenvalue weighted by molar-refractivity contribution is 8.01. The van der Waals surface area contributed by atoms with E-state index in [0.717, 1.165) is 5.75 Å². The number of benzene rings is 2. The van der Waals surface area contributed by atoms with Crippen molar-refractivity contribution in [1.29, 1.82) is 0 Å². The summed E-state index contributed by atoms with van der Waals surface area (Å²) >= 11 is 1.44. The molecule has 0 aliphatic carbocycles. The molecule has 0 unspecified atom stereocenters. The Kier molecular flexibility index (Phi) is 5.46. The molecule has 0 saturated heterocycles. The molecule has 0 fully saturated rings. The number of ether oxygens (including phenoxy) is 2. The largest absolute Gasteiger partial charge is 0.465 e. The standard InChI is InChI=1S/C17H16O3S/c1-19-17(18)15(12-21-2)14-10-6-7-11-16(14)20-13-8-4-3-5-9-13/h3-12H,1-2H3/b15-12-. The van der Waals surface area contributed by atoms with Crippen molar-refractivity contribution >= 4 is 23.3 Å². The average molecular weight is 300 g/mol. The monoisotopic (exact) mass is 300 g/mol. The van der Waals surface area contributed by atoms with Crippen LogP contribution in [0.3, 0.4) is 0 Å². The third-order valence-corrected chi connectivity index (χ3v) is 3.26. The Morgan fingerprint density at radius 3 is 2.38 bits per heavy atom. The minimum absolute atomic E-state index is 0.381. The first-order valence-corrected chi connectivity index (χ1v) is 7.68. The second-order valence-corrected chi connectivity index (χ2v) is 4.88. The lowest BCUT2D eigenvalue weighted by Gasteiger charge is -2.12. The van der Waals surface area contributed by atoms with Crippen LogP contribution in [0.15, 0.2) is 60.0 Å². The van der Waals surface area contributed by atoms with Crippen LogP contribution in [0.25, 0.3) is 5.57 Å². The van der Waals surface area contributed by atoms with Gasteiger partial charge < -0.3 is 9.47 Å². The molecule has 0 aromatic heterocycles. The van der Waals surface area contributed by atoms with E-state index in [9.17, 15) is 4.79 Å². The highest BCUT2D eigenvalue weighted by atomic mass is 32.2. The highest BCUT2D eigenvalue weighted by Gasteiger charge is 2.16. The molecule has 108 valence electrons. The molecule has 0 spiro atoms. The zero-order chi connectivity index (χ0) is 15.1. The van der Waals surface area contributed by atoms with Gasteiger partial charge in [-0.15, -0.1) is 11.8 Å². The van der Waals surface area contributed by atoms with E-state index in [2.05, 4.69) is 0 Å². The summed E-state index contributed by atoms with van der Waals surface area (Å²) in [5, 5.41) is 1.76. The average Bonchev–Trinajstić information content (AvgIpc) is 2.54. The fraction of sp³-hybridized carbons (Fsp3) is 0.118. The van der Waals surface area contributed by atoms with Crippen molar-refractivity contribution in [3.05, 3.63) is 65.6 Å². The van der Waals surface area contributed by atoms with Gasteiger partial charge >= 0.3 is 5.97 Å². The molecule has 4 heteroatoms. The molecule has 2 rings (SSSR count). The minimum Gasteiger partial charge on any atom is -0.465 e. The number of thioether (sulfide) groups is 1. The molecule has 0 saturated carbocycles. The van der Waals surface area contributed by atoms with Crippen LogP contribution < -0.4 is 4.74 Å². The second kappa shape index (κ2) is 7.55. The predicted octanol–water partition coefficient (Wildman–Crippen LogP) is 4.36. The SMILES string of the molecule is COC(=O)/C(=C\SC)c1ccccc1Oc1ccccc1. The van der Waals surface area contributed by atoms with E-state index >= 15 is 0 Å². The molecule has 2 aromatic carbocycles. The Morgan fingerprint density at radius 2 is 1.71 bits per heavy atom. The number of carbonyl (C=O) groups is 1. The smallest absolute Gasteiger partial charge is 0.339 e. The highest BCUT2D eigenvalue weighted by Crippen LogP contribution is 2.31. The van der Waals surface area contributed by atoms with Crippen molar-refractivity contribution in [3.63, 3.8) is 0 Å². The van der Waals surface area contributed by atoms with Crippen LogP contribution in [0.2, 0.25) is 0 Å². The van der Waals surface area contributed by atoms with Gasteiger partial charge in [0.2, 0.25) is 0 Å². The number of hydrogen-bond acceptors (Lipinski definition) is 4. The first kappa shape index (κ1) is 15.2. The van der Waals surface area contributed by atoms with Gasteiger partial charge in [-0.2, -0.15) is 0 Å². The summed E-state index contributed by atoms with van der Waals surface area (Å²) in [5.41, 5.74) is 1.19. The molecule has 0 amide bonds. The zero-order valence-corrected chi connectivity index (χ0v) is 12.7. The third kappa shape index (κ3) is 3.89. The Bertz CT molecular complexity index is 635. The number of para-hydroxylation sites is 2. The normalized spacial score (nSPS) is 11.0. The summed E-state index contributed by atoms with van der Waals surface area (Å²) in [7, 11) is 1.37. The van der Waals surface area contributed by atoms with Crippen molar-refractivity contribution in [2.24, 2.45) is 0 Å². The van der Waals surface area contributed by atoms with Crippen LogP contribution in [-0.4, -0.2) is 19.3 Å². The molecule has 2 aromatic rings. The molecule has 0 aliphatic rings. The van der Waals surface area contributed by atoms with Crippen molar-refractivity contribution in [2.45, 2.75) is 0 Å². The first-order valence-electron chi connectivity index (χ1n) is 6.40. The molecule has 3 nitrogen and oxygen atoms in total. The van der Waals surface area contributed by atoms with Crippen LogP contribution in [0.1, 0.15) is 5.56 Å². The van der Waals surface area contributed by atoms with Crippen molar-refractivity contribution < 1.29 is 14.3 Å². The maximum absolute atomic E-state index is 11.9. The summed E-state index contributed by atoms with van der Waals surface area (Å²) in [4.78, 5) is 11.9. The van der Waals surface area contributed by atoms with E-state index in [-0.39, 0.29) is 5.97 Å². The van der Waals surface area contributed by atoms with Crippen LogP contribution >= 0.6 is 11.8 Å². The van der Waals surface area contributed by atoms with Gasteiger partial charge in [-0.05, 0) is 29.9 Å². The molecule has 0 heterocycles. The van der Waals surface area contributed by atoms with Crippen LogP contribution in [-0.2, 0) is 9.53 Å². The lowest BCUT2D eigenvalue weighted by atomic mass is 10.1. The van der Waals surface area contributed by atoms with Gasteiger partial charge in [0.25, 0.3) is 0 Å². The molecular formula is C17H16O3S. The van der Waals surface area contributed by atoms with E-state index in [4.69, 9.17) is 9.47 Å². The summed E-state index contributed by atoms with van der Waals surface area (Å²) in [6.07, 6.45) is 1.89. The van der Waals surface area contributed by atoms with Crippen LogP contribution in [0, 0.1) is 0 Å². The van der Waals surface area contributed by atoms with Gasteiger partial charge in [-0.25, -0.2) is 4.79 Å². The Morgan fingerprint density at radius 1 is 1.05 bits per heavy atom. The molecule has 0 aliphatic heterocycles. The van der Waals surface area contributed by atoms with Gasteiger partial charge in [-0.1, -0.05) is 36.4 Å². The number of methoxy groups -OCH3 is 1. The van der Waals surface area contributed by atoms with Gasteiger partial charge in [0.15, 0.2) is 0 Å². The summed E-state index contributed by atoms with van der Waals surface area (Å²) in [6.45, 7) is 0.